The molecule has 0 radical (unpaired) electrons. The maximum absolute atomic E-state index is 3.49. The van der Waals surface area contributed by atoms with Gasteiger partial charge in [0.1, 0.15) is 0 Å². The summed E-state index contributed by atoms with van der Waals surface area (Å²) in [6.07, 6.45) is 2.64. The normalized spacial score (nSPS) is 16.5. The highest BCUT2D eigenvalue weighted by molar-refractivity contribution is 9.10. The van der Waals surface area contributed by atoms with E-state index in [-0.39, 0.29) is 0 Å². The quantitative estimate of drug-likeness (QED) is 0.794. The van der Waals surface area contributed by atoms with Crippen molar-refractivity contribution >= 4 is 21.6 Å². The van der Waals surface area contributed by atoms with Crippen molar-refractivity contribution in [3.05, 3.63) is 28.7 Å². The molecule has 1 aliphatic carbocycles. The number of benzene rings is 1. The van der Waals surface area contributed by atoms with Crippen molar-refractivity contribution < 1.29 is 0 Å². The summed E-state index contributed by atoms with van der Waals surface area (Å²) in [7, 11) is 0. The molecule has 0 atom stereocenters. The van der Waals surface area contributed by atoms with Crippen molar-refractivity contribution in [1.82, 2.24) is 0 Å². The average molecular weight is 212 g/mol. The molecule has 58 valence electrons. The predicted molar refractivity (Wildman–Crippen MR) is 50.8 cm³/mol. The summed E-state index contributed by atoms with van der Waals surface area (Å²) < 4.78 is 1.16. The van der Waals surface area contributed by atoms with Crippen LogP contribution in [-0.4, -0.2) is 6.04 Å². The van der Waals surface area contributed by atoms with Crippen LogP contribution in [0.15, 0.2) is 28.7 Å². The van der Waals surface area contributed by atoms with Crippen LogP contribution in [0.2, 0.25) is 0 Å². The second-order valence-electron chi connectivity index (χ2n) is 2.90. The van der Waals surface area contributed by atoms with Gasteiger partial charge in [0.05, 0.1) is 0 Å². The maximum Gasteiger partial charge on any atom is 0.0486 e. The minimum atomic E-state index is 0.730. The second-order valence-corrected chi connectivity index (χ2v) is 3.75. The zero-order valence-corrected chi connectivity index (χ0v) is 7.76. The van der Waals surface area contributed by atoms with Gasteiger partial charge in [-0.25, -0.2) is 0 Å². The lowest BCUT2D eigenvalue weighted by Gasteiger charge is -2.05. The smallest absolute Gasteiger partial charge is 0.0486 e. The first-order valence-corrected chi connectivity index (χ1v) is 4.66. The standard InChI is InChI=1S/C9H10BrN/c10-8-3-1-2-4-9(8)11-7-5-6-7/h1-4,7,11H,5-6H2. The van der Waals surface area contributed by atoms with Crippen LogP contribution in [0.25, 0.3) is 0 Å². The largest absolute Gasteiger partial charge is 0.381 e. The number of halogens is 1. The minimum absolute atomic E-state index is 0.730. The Morgan fingerprint density at radius 3 is 2.64 bits per heavy atom. The van der Waals surface area contributed by atoms with Crippen LogP contribution in [0, 0.1) is 0 Å². The Labute approximate surface area is 74.9 Å². The zero-order valence-electron chi connectivity index (χ0n) is 6.18. The molecule has 0 saturated heterocycles. The molecular formula is C9H10BrN. The van der Waals surface area contributed by atoms with E-state index in [9.17, 15) is 0 Å². The molecule has 2 heteroatoms. The lowest BCUT2D eigenvalue weighted by molar-refractivity contribution is 1.15. The summed E-state index contributed by atoms with van der Waals surface area (Å²) in [6.45, 7) is 0. The average Bonchev–Trinajstić information content (AvgIpc) is 2.78. The van der Waals surface area contributed by atoms with Gasteiger partial charge >= 0.3 is 0 Å². The predicted octanol–water partition coefficient (Wildman–Crippen LogP) is 3.02. The van der Waals surface area contributed by atoms with E-state index in [1.165, 1.54) is 18.5 Å². The third-order valence-electron chi connectivity index (χ3n) is 1.81. The Bertz CT molecular complexity index is 255. The molecule has 1 saturated carbocycles. The Morgan fingerprint density at radius 1 is 1.27 bits per heavy atom. The molecule has 0 aromatic heterocycles. The van der Waals surface area contributed by atoms with Crippen molar-refractivity contribution in [2.75, 3.05) is 5.32 Å². The lowest BCUT2D eigenvalue weighted by atomic mass is 10.3. The van der Waals surface area contributed by atoms with E-state index in [2.05, 4.69) is 39.4 Å². The third kappa shape index (κ3) is 1.74. The monoisotopic (exact) mass is 211 g/mol. The van der Waals surface area contributed by atoms with E-state index in [0.717, 1.165) is 10.5 Å². The van der Waals surface area contributed by atoms with Gasteiger partial charge in [0.25, 0.3) is 0 Å². The SMILES string of the molecule is Brc1ccccc1NC1CC1. The maximum atomic E-state index is 3.49. The van der Waals surface area contributed by atoms with Crippen molar-refractivity contribution in [3.63, 3.8) is 0 Å². The molecule has 1 fully saturated rings. The molecular weight excluding hydrogens is 202 g/mol. The van der Waals surface area contributed by atoms with Crippen LogP contribution in [0.1, 0.15) is 12.8 Å². The van der Waals surface area contributed by atoms with Crippen molar-refractivity contribution in [2.45, 2.75) is 18.9 Å². The Balaban J connectivity index is 2.15. The molecule has 0 heterocycles. The van der Waals surface area contributed by atoms with Crippen LogP contribution in [0.5, 0.6) is 0 Å². The van der Waals surface area contributed by atoms with E-state index in [1.807, 2.05) is 6.07 Å². The zero-order chi connectivity index (χ0) is 7.68. The van der Waals surface area contributed by atoms with Gasteiger partial charge in [-0.2, -0.15) is 0 Å². The van der Waals surface area contributed by atoms with Crippen LogP contribution >= 0.6 is 15.9 Å². The molecule has 1 aromatic carbocycles. The van der Waals surface area contributed by atoms with Crippen LogP contribution in [0.4, 0.5) is 5.69 Å². The van der Waals surface area contributed by atoms with Gasteiger partial charge in [0.2, 0.25) is 0 Å². The summed E-state index contributed by atoms with van der Waals surface area (Å²) in [5, 5.41) is 3.44. The van der Waals surface area contributed by atoms with Gasteiger partial charge in [0.15, 0.2) is 0 Å². The fourth-order valence-electron chi connectivity index (χ4n) is 1.03. The Kier molecular flexibility index (Phi) is 1.86. The fourth-order valence-corrected chi connectivity index (χ4v) is 1.43. The molecule has 1 aliphatic rings. The van der Waals surface area contributed by atoms with Gasteiger partial charge in [-0.3, -0.25) is 0 Å². The summed E-state index contributed by atoms with van der Waals surface area (Å²) in [4.78, 5) is 0. The van der Waals surface area contributed by atoms with Gasteiger partial charge in [-0.1, -0.05) is 12.1 Å². The number of hydrogen-bond acceptors (Lipinski definition) is 1. The van der Waals surface area contributed by atoms with E-state index in [4.69, 9.17) is 0 Å². The molecule has 1 N–H and O–H groups in total. The van der Waals surface area contributed by atoms with E-state index >= 15 is 0 Å². The molecule has 0 unspecified atom stereocenters. The topological polar surface area (TPSA) is 12.0 Å². The van der Waals surface area contributed by atoms with Crippen LogP contribution < -0.4 is 5.32 Å². The van der Waals surface area contributed by atoms with E-state index < -0.39 is 0 Å². The Morgan fingerprint density at radius 2 is 2.00 bits per heavy atom. The molecule has 0 bridgehead atoms. The second kappa shape index (κ2) is 2.86. The highest BCUT2D eigenvalue weighted by atomic mass is 79.9. The number of hydrogen-bond donors (Lipinski definition) is 1. The van der Waals surface area contributed by atoms with Gasteiger partial charge < -0.3 is 5.32 Å². The molecule has 11 heavy (non-hydrogen) atoms. The molecule has 1 aromatic rings. The van der Waals surface area contributed by atoms with Crippen molar-refractivity contribution in [1.29, 1.82) is 0 Å². The van der Waals surface area contributed by atoms with Gasteiger partial charge in [0, 0.05) is 16.2 Å². The van der Waals surface area contributed by atoms with Gasteiger partial charge in [-0.05, 0) is 40.9 Å². The van der Waals surface area contributed by atoms with Gasteiger partial charge in [-0.15, -0.1) is 0 Å². The number of rotatable bonds is 2. The lowest BCUT2D eigenvalue weighted by Crippen LogP contribution is -2.00. The van der Waals surface area contributed by atoms with E-state index in [0.29, 0.717) is 0 Å². The first kappa shape index (κ1) is 7.17. The number of anilines is 1. The first-order valence-electron chi connectivity index (χ1n) is 3.87. The first-order chi connectivity index (χ1) is 5.36. The van der Waals surface area contributed by atoms with E-state index in [1.54, 1.807) is 0 Å². The molecule has 0 amide bonds. The Hall–Kier alpha value is -0.500. The number of para-hydroxylation sites is 1. The summed E-state index contributed by atoms with van der Waals surface area (Å²) in [5.41, 5.74) is 1.22. The van der Waals surface area contributed by atoms with Crippen molar-refractivity contribution in [3.8, 4) is 0 Å². The fraction of sp³-hybridized carbons (Fsp3) is 0.333. The van der Waals surface area contributed by atoms with Crippen LogP contribution in [0.3, 0.4) is 0 Å². The summed E-state index contributed by atoms with van der Waals surface area (Å²) in [6, 6.07) is 8.97. The summed E-state index contributed by atoms with van der Waals surface area (Å²) >= 11 is 3.49. The highest BCUT2D eigenvalue weighted by Crippen LogP contribution is 2.28. The molecule has 0 spiro atoms. The highest BCUT2D eigenvalue weighted by Gasteiger charge is 2.21. The number of nitrogens with one attached hydrogen (secondary N) is 1. The van der Waals surface area contributed by atoms with Crippen LogP contribution in [-0.2, 0) is 0 Å². The molecule has 1 nitrogen and oxygen atoms in total. The third-order valence-corrected chi connectivity index (χ3v) is 2.50. The molecule has 0 aliphatic heterocycles. The minimum Gasteiger partial charge on any atom is -0.381 e. The van der Waals surface area contributed by atoms with Crippen molar-refractivity contribution in [2.24, 2.45) is 0 Å². The molecule has 2 rings (SSSR count). The summed E-state index contributed by atoms with van der Waals surface area (Å²) in [5.74, 6) is 0.